The third-order valence-corrected chi connectivity index (χ3v) is 6.22. The Labute approximate surface area is 154 Å². The average Bonchev–Trinajstić information content (AvgIpc) is 2.91. The highest BCUT2D eigenvalue weighted by Crippen LogP contribution is 2.43. The van der Waals surface area contributed by atoms with Crippen LogP contribution in [0.5, 0.6) is 0 Å². The fourth-order valence-corrected chi connectivity index (χ4v) is 4.05. The van der Waals surface area contributed by atoms with E-state index in [9.17, 15) is 5.11 Å². The molecule has 3 nitrogen and oxygen atoms in total. The van der Waals surface area contributed by atoms with Crippen molar-refractivity contribution in [1.29, 1.82) is 0 Å². The summed E-state index contributed by atoms with van der Waals surface area (Å²) in [5.74, 6) is 0.770. The topological polar surface area (TPSA) is 38.0 Å². The van der Waals surface area contributed by atoms with E-state index in [-0.39, 0.29) is 6.61 Å². The van der Waals surface area contributed by atoms with Gasteiger partial charge in [-0.2, -0.15) is 0 Å². The highest BCUT2D eigenvalue weighted by atomic mass is 79.9. The van der Waals surface area contributed by atoms with Crippen LogP contribution in [0, 0.1) is 0 Å². The van der Waals surface area contributed by atoms with Crippen molar-refractivity contribution in [3.63, 3.8) is 0 Å². The van der Waals surface area contributed by atoms with Gasteiger partial charge in [0.05, 0.1) is 27.9 Å². The molecule has 3 rings (SSSR count). The summed E-state index contributed by atoms with van der Waals surface area (Å²) >= 11 is 16.5. The van der Waals surface area contributed by atoms with Crippen LogP contribution in [0.1, 0.15) is 38.4 Å². The van der Waals surface area contributed by atoms with Crippen LogP contribution >= 0.6 is 39.1 Å². The lowest BCUT2D eigenvalue weighted by Crippen LogP contribution is -2.29. The molecule has 1 saturated carbocycles. The van der Waals surface area contributed by atoms with Crippen molar-refractivity contribution >= 4 is 39.1 Å². The maximum atomic E-state index is 9.68. The minimum absolute atomic E-state index is 0.0299. The fraction of sp³-hybridized carbons (Fsp3) is 0.471. The van der Waals surface area contributed by atoms with Crippen molar-refractivity contribution in [2.24, 2.45) is 0 Å². The molecule has 0 amide bonds. The van der Waals surface area contributed by atoms with E-state index in [1.165, 1.54) is 0 Å². The molecule has 23 heavy (non-hydrogen) atoms. The number of aliphatic hydroxyl groups is 1. The van der Waals surface area contributed by atoms with Gasteiger partial charge in [0.1, 0.15) is 5.82 Å². The molecule has 1 unspecified atom stereocenters. The standard InChI is InChI=1S/C17H19BrCl2N2O/c1-17(2,9-23)14-8-22(13-7-6-10(13)18)16(21-14)15-11(19)4-3-5-12(15)20/h3-5,8,10,13,23H,6-7,9H2,1-2H3/t10-,13?/m1/s1. The quantitative estimate of drug-likeness (QED) is 0.692. The van der Waals surface area contributed by atoms with Crippen molar-refractivity contribution in [1.82, 2.24) is 9.55 Å². The lowest BCUT2D eigenvalue weighted by Gasteiger charge is -2.34. The van der Waals surface area contributed by atoms with E-state index < -0.39 is 5.41 Å². The van der Waals surface area contributed by atoms with Crippen LogP contribution in [-0.2, 0) is 5.41 Å². The molecule has 0 radical (unpaired) electrons. The van der Waals surface area contributed by atoms with Gasteiger partial charge < -0.3 is 9.67 Å². The number of halogens is 3. The van der Waals surface area contributed by atoms with Crippen molar-refractivity contribution in [3.05, 3.63) is 40.1 Å². The Morgan fingerprint density at radius 1 is 1.30 bits per heavy atom. The summed E-state index contributed by atoms with van der Waals surface area (Å²) in [6, 6.07) is 5.81. The molecule has 1 aromatic carbocycles. The molecule has 0 spiro atoms. The third kappa shape index (κ3) is 3.07. The lowest BCUT2D eigenvalue weighted by molar-refractivity contribution is 0.215. The van der Waals surface area contributed by atoms with Gasteiger partial charge in [-0.3, -0.25) is 0 Å². The number of benzene rings is 1. The molecule has 1 N–H and O–H groups in total. The van der Waals surface area contributed by atoms with E-state index in [4.69, 9.17) is 28.2 Å². The van der Waals surface area contributed by atoms with Gasteiger partial charge in [-0.1, -0.05) is 59.0 Å². The zero-order chi connectivity index (χ0) is 16.8. The molecule has 2 aromatic rings. The summed E-state index contributed by atoms with van der Waals surface area (Å²) in [6.07, 6.45) is 4.25. The molecule has 0 bridgehead atoms. The van der Waals surface area contributed by atoms with E-state index in [2.05, 4.69) is 20.5 Å². The van der Waals surface area contributed by atoms with E-state index in [0.29, 0.717) is 20.9 Å². The Morgan fingerprint density at radius 3 is 2.43 bits per heavy atom. The van der Waals surface area contributed by atoms with Crippen LogP contribution in [0.4, 0.5) is 0 Å². The van der Waals surface area contributed by atoms with E-state index >= 15 is 0 Å². The van der Waals surface area contributed by atoms with Gasteiger partial charge in [0.15, 0.2) is 0 Å². The smallest absolute Gasteiger partial charge is 0.143 e. The van der Waals surface area contributed by atoms with Crippen LogP contribution in [0.2, 0.25) is 10.0 Å². The second-order valence-corrected chi connectivity index (χ2v) is 8.65. The average molecular weight is 418 g/mol. The van der Waals surface area contributed by atoms with Crippen LogP contribution in [0.3, 0.4) is 0 Å². The highest BCUT2D eigenvalue weighted by Gasteiger charge is 2.35. The molecule has 1 heterocycles. The minimum atomic E-state index is -0.417. The molecule has 6 heteroatoms. The molecule has 0 saturated heterocycles. The van der Waals surface area contributed by atoms with Gasteiger partial charge in [-0.15, -0.1) is 0 Å². The Morgan fingerprint density at radius 2 is 1.96 bits per heavy atom. The molecule has 1 aliphatic carbocycles. The predicted octanol–water partition coefficient (Wildman–Crippen LogP) is 5.23. The molecule has 1 aromatic heterocycles. The first-order valence-electron chi connectivity index (χ1n) is 7.64. The zero-order valence-electron chi connectivity index (χ0n) is 13.1. The number of aliphatic hydroxyl groups excluding tert-OH is 1. The maximum Gasteiger partial charge on any atom is 0.143 e. The highest BCUT2D eigenvalue weighted by molar-refractivity contribution is 9.09. The van der Waals surface area contributed by atoms with Gasteiger partial charge in [0, 0.05) is 22.5 Å². The fourth-order valence-electron chi connectivity index (χ4n) is 2.70. The van der Waals surface area contributed by atoms with Crippen LogP contribution < -0.4 is 0 Å². The number of hydrogen-bond donors (Lipinski definition) is 1. The van der Waals surface area contributed by atoms with Gasteiger partial charge in [0.2, 0.25) is 0 Å². The number of rotatable bonds is 4. The SMILES string of the molecule is CC(C)(CO)c1cn(C2CC[C@H]2Br)c(-c2c(Cl)cccc2Cl)n1. The Balaban J connectivity index is 2.18. The second kappa shape index (κ2) is 6.40. The first-order valence-corrected chi connectivity index (χ1v) is 9.31. The van der Waals surface area contributed by atoms with Crippen LogP contribution in [0.15, 0.2) is 24.4 Å². The number of alkyl halides is 1. The minimum Gasteiger partial charge on any atom is -0.395 e. The summed E-state index contributed by atoms with van der Waals surface area (Å²) in [5.41, 5.74) is 1.18. The van der Waals surface area contributed by atoms with Gasteiger partial charge in [0.25, 0.3) is 0 Å². The van der Waals surface area contributed by atoms with Crippen molar-refractivity contribution in [3.8, 4) is 11.4 Å². The van der Waals surface area contributed by atoms with E-state index in [1.807, 2.05) is 38.2 Å². The molecular weight excluding hydrogens is 399 g/mol. The maximum absolute atomic E-state index is 9.68. The largest absolute Gasteiger partial charge is 0.395 e. The molecular formula is C17H19BrCl2N2O. The predicted molar refractivity (Wildman–Crippen MR) is 98.8 cm³/mol. The Bertz CT molecular complexity index is 709. The molecule has 0 aliphatic heterocycles. The summed E-state index contributed by atoms with van der Waals surface area (Å²) < 4.78 is 2.16. The van der Waals surface area contributed by atoms with Crippen LogP contribution in [0.25, 0.3) is 11.4 Å². The van der Waals surface area contributed by atoms with E-state index in [0.717, 1.165) is 29.9 Å². The Hall–Kier alpha value is -0.550. The zero-order valence-corrected chi connectivity index (χ0v) is 16.2. The first kappa shape index (κ1) is 17.3. The molecule has 1 aliphatic rings. The number of aromatic nitrogens is 2. The van der Waals surface area contributed by atoms with E-state index in [1.54, 1.807) is 0 Å². The summed E-state index contributed by atoms with van der Waals surface area (Å²) in [7, 11) is 0. The van der Waals surface area contributed by atoms with Gasteiger partial charge in [-0.05, 0) is 25.0 Å². The van der Waals surface area contributed by atoms with Crippen LogP contribution in [-0.4, -0.2) is 26.1 Å². The molecule has 124 valence electrons. The Kier molecular flexibility index (Phi) is 4.81. The summed E-state index contributed by atoms with van der Waals surface area (Å²) in [4.78, 5) is 5.21. The number of hydrogen-bond acceptors (Lipinski definition) is 2. The van der Waals surface area contributed by atoms with Crippen molar-refractivity contribution in [2.45, 2.75) is 43.0 Å². The van der Waals surface area contributed by atoms with Crippen molar-refractivity contribution < 1.29 is 5.11 Å². The monoisotopic (exact) mass is 416 g/mol. The normalized spacial score (nSPS) is 21.3. The first-order chi connectivity index (χ1) is 10.8. The number of imidazole rings is 1. The third-order valence-electron chi connectivity index (χ3n) is 4.52. The van der Waals surface area contributed by atoms with Gasteiger partial charge >= 0.3 is 0 Å². The summed E-state index contributed by atoms with van der Waals surface area (Å²) in [6.45, 7) is 3.98. The summed E-state index contributed by atoms with van der Waals surface area (Å²) in [5, 5.41) is 10.9. The molecule has 2 atom stereocenters. The molecule has 1 fully saturated rings. The van der Waals surface area contributed by atoms with Crippen molar-refractivity contribution in [2.75, 3.05) is 6.61 Å². The number of nitrogens with zero attached hydrogens (tertiary/aromatic N) is 2. The second-order valence-electron chi connectivity index (χ2n) is 6.66. The lowest BCUT2D eigenvalue weighted by atomic mass is 9.90. The van der Waals surface area contributed by atoms with Gasteiger partial charge in [-0.25, -0.2) is 4.98 Å².